The Bertz CT molecular complexity index is 437. The van der Waals surface area contributed by atoms with Crippen molar-refractivity contribution < 1.29 is 9.53 Å². The summed E-state index contributed by atoms with van der Waals surface area (Å²) < 4.78 is 5.81. The first-order chi connectivity index (χ1) is 10.2. The van der Waals surface area contributed by atoms with Crippen LogP contribution in [0.1, 0.15) is 38.2 Å². The second kappa shape index (κ2) is 8.03. The molecule has 3 N–H and O–H groups in total. The number of nitrogens with one attached hydrogen (secondary N) is 1. The molecule has 21 heavy (non-hydrogen) atoms. The van der Waals surface area contributed by atoms with Gasteiger partial charge >= 0.3 is 0 Å². The Kier molecular flexibility index (Phi) is 6.05. The monoisotopic (exact) mass is 290 g/mol. The topological polar surface area (TPSA) is 64.4 Å². The summed E-state index contributed by atoms with van der Waals surface area (Å²) in [7, 11) is 0. The highest BCUT2D eigenvalue weighted by Gasteiger charge is 2.22. The van der Waals surface area contributed by atoms with Crippen molar-refractivity contribution in [3.63, 3.8) is 0 Å². The molecule has 0 saturated heterocycles. The fraction of sp³-hybridized carbons (Fsp3) is 0.588. The average molecular weight is 290 g/mol. The smallest absolute Gasteiger partial charge is 0.220 e. The molecular formula is C17H26N2O2. The number of ether oxygens (including phenoxy) is 1. The van der Waals surface area contributed by atoms with Crippen molar-refractivity contribution in [1.82, 2.24) is 5.32 Å². The third kappa shape index (κ3) is 4.74. The van der Waals surface area contributed by atoms with Gasteiger partial charge in [-0.25, -0.2) is 0 Å². The maximum Gasteiger partial charge on any atom is 0.220 e. The molecule has 4 heteroatoms. The van der Waals surface area contributed by atoms with E-state index < -0.39 is 0 Å². The molecular weight excluding hydrogens is 264 g/mol. The molecule has 4 nitrogen and oxygen atoms in total. The van der Waals surface area contributed by atoms with Gasteiger partial charge in [0.25, 0.3) is 0 Å². The Morgan fingerprint density at radius 3 is 2.95 bits per heavy atom. The van der Waals surface area contributed by atoms with Crippen LogP contribution in [0.5, 0.6) is 5.75 Å². The van der Waals surface area contributed by atoms with Crippen LogP contribution in [-0.2, 0) is 11.2 Å². The van der Waals surface area contributed by atoms with Gasteiger partial charge in [-0.15, -0.1) is 0 Å². The highest BCUT2D eigenvalue weighted by atomic mass is 16.5. The van der Waals surface area contributed by atoms with Crippen molar-refractivity contribution in [3.05, 3.63) is 29.8 Å². The Labute approximate surface area is 127 Å². The van der Waals surface area contributed by atoms with Gasteiger partial charge in [-0.1, -0.05) is 31.5 Å². The number of rotatable bonds is 8. The summed E-state index contributed by atoms with van der Waals surface area (Å²) in [6.45, 7) is 3.44. The van der Waals surface area contributed by atoms with E-state index >= 15 is 0 Å². The Hall–Kier alpha value is -1.55. The van der Waals surface area contributed by atoms with Gasteiger partial charge in [0.2, 0.25) is 5.91 Å². The number of carbonyl (C=O) groups excluding carboxylic acids is 1. The summed E-state index contributed by atoms with van der Waals surface area (Å²) in [6.07, 6.45) is 4.54. The highest BCUT2D eigenvalue weighted by molar-refractivity contribution is 5.75. The molecule has 116 valence electrons. The number of benzene rings is 1. The molecule has 2 unspecified atom stereocenters. The van der Waals surface area contributed by atoms with Crippen molar-refractivity contribution >= 4 is 5.91 Å². The lowest BCUT2D eigenvalue weighted by Crippen LogP contribution is -2.34. The summed E-state index contributed by atoms with van der Waals surface area (Å²) in [6, 6.07) is 8.05. The van der Waals surface area contributed by atoms with E-state index in [1.165, 1.54) is 5.56 Å². The molecule has 1 heterocycles. The van der Waals surface area contributed by atoms with Crippen LogP contribution in [0, 0.1) is 5.92 Å². The number of nitrogens with two attached hydrogens (primary N) is 1. The van der Waals surface area contributed by atoms with Crippen molar-refractivity contribution in [3.8, 4) is 5.75 Å². The minimum Gasteiger partial charge on any atom is -0.488 e. The SMILES string of the molecule is CCC(CCN)CCC(=O)NCC1Cc2ccccc2O1. The third-order valence-corrected chi connectivity index (χ3v) is 4.17. The molecule has 0 saturated carbocycles. The van der Waals surface area contributed by atoms with Gasteiger partial charge in [-0.3, -0.25) is 4.79 Å². The standard InChI is InChI=1S/C17H26N2O2/c1-2-13(9-10-18)7-8-17(20)19-12-15-11-14-5-3-4-6-16(14)21-15/h3-6,13,15H,2,7-12,18H2,1H3,(H,19,20). The first kappa shape index (κ1) is 15.8. The summed E-state index contributed by atoms with van der Waals surface area (Å²) in [5, 5.41) is 2.99. The molecule has 1 amide bonds. The molecule has 0 spiro atoms. The Balaban J connectivity index is 1.66. The van der Waals surface area contributed by atoms with E-state index in [1.807, 2.05) is 18.2 Å². The van der Waals surface area contributed by atoms with Crippen LogP contribution in [0.15, 0.2) is 24.3 Å². The molecule has 2 atom stereocenters. The van der Waals surface area contributed by atoms with E-state index in [2.05, 4.69) is 18.3 Å². The van der Waals surface area contributed by atoms with Crippen molar-refractivity contribution in [1.29, 1.82) is 0 Å². The predicted octanol–water partition coefficient (Wildman–Crippen LogP) is 2.26. The number of amides is 1. The first-order valence-corrected chi connectivity index (χ1v) is 7.94. The molecule has 0 aromatic heterocycles. The van der Waals surface area contributed by atoms with Crippen LogP contribution in [0.4, 0.5) is 0 Å². The number of fused-ring (bicyclic) bond motifs is 1. The van der Waals surface area contributed by atoms with E-state index in [9.17, 15) is 4.79 Å². The van der Waals surface area contributed by atoms with E-state index in [-0.39, 0.29) is 12.0 Å². The Morgan fingerprint density at radius 1 is 1.43 bits per heavy atom. The fourth-order valence-electron chi connectivity index (χ4n) is 2.81. The molecule has 1 aromatic rings. The Morgan fingerprint density at radius 2 is 2.24 bits per heavy atom. The van der Waals surface area contributed by atoms with Gasteiger partial charge in [0, 0.05) is 12.8 Å². The van der Waals surface area contributed by atoms with Crippen LogP contribution in [0.2, 0.25) is 0 Å². The van der Waals surface area contributed by atoms with E-state index in [1.54, 1.807) is 0 Å². The number of carbonyl (C=O) groups is 1. The zero-order valence-electron chi connectivity index (χ0n) is 12.8. The maximum absolute atomic E-state index is 11.9. The minimum absolute atomic E-state index is 0.0670. The van der Waals surface area contributed by atoms with Crippen LogP contribution < -0.4 is 15.8 Å². The van der Waals surface area contributed by atoms with E-state index in [0.717, 1.165) is 31.4 Å². The van der Waals surface area contributed by atoms with Crippen molar-refractivity contribution in [2.45, 2.75) is 45.1 Å². The van der Waals surface area contributed by atoms with E-state index in [0.29, 0.717) is 25.4 Å². The largest absolute Gasteiger partial charge is 0.488 e. The molecule has 1 aliphatic heterocycles. The van der Waals surface area contributed by atoms with Crippen molar-refractivity contribution in [2.75, 3.05) is 13.1 Å². The van der Waals surface area contributed by atoms with Crippen molar-refractivity contribution in [2.24, 2.45) is 11.7 Å². The second-order valence-electron chi connectivity index (χ2n) is 5.75. The van der Waals surface area contributed by atoms with Gasteiger partial charge in [-0.2, -0.15) is 0 Å². The van der Waals surface area contributed by atoms with Gasteiger partial charge in [-0.05, 0) is 36.9 Å². The first-order valence-electron chi connectivity index (χ1n) is 7.94. The molecule has 0 fully saturated rings. The number of hydrogen-bond donors (Lipinski definition) is 2. The van der Waals surface area contributed by atoms with Crippen LogP contribution in [-0.4, -0.2) is 25.1 Å². The molecule has 0 radical (unpaired) electrons. The normalized spacial score (nSPS) is 17.9. The predicted molar refractivity (Wildman–Crippen MR) is 84.3 cm³/mol. The summed E-state index contributed by atoms with van der Waals surface area (Å²) in [5.74, 6) is 1.63. The van der Waals surface area contributed by atoms with Crippen LogP contribution in [0.3, 0.4) is 0 Å². The number of para-hydroxylation sites is 1. The van der Waals surface area contributed by atoms with Crippen LogP contribution in [0.25, 0.3) is 0 Å². The summed E-state index contributed by atoms with van der Waals surface area (Å²) in [5.41, 5.74) is 6.80. The second-order valence-corrected chi connectivity index (χ2v) is 5.75. The lowest BCUT2D eigenvalue weighted by molar-refractivity contribution is -0.121. The maximum atomic E-state index is 11.9. The molecule has 0 bridgehead atoms. The van der Waals surface area contributed by atoms with E-state index in [4.69, 9.17) is 10.5 Å². The summed E-state index contributed by atoms with van der Waals surface area (Å²) >= 11 is 0. The molecule has 1 aliphatic rings. The van der Waals surface area contributed by atoms with Gasteiger partial charge < -0.3 is 15.8 Å². The lowest BCUT2D eigenvalue weighted by atomic mass is 9.96. The van der Waals surface area contributed by atoms with Gasteiger partial charge in [0.15, 0.2) is 0 Å². The zero-order valence-corrected chi connectivity index (χ0v) is 12.8. The fourth-order valence-corrected chi connectivity index (χ4v) is 2.81. The van der Waals surface area contributed by atoms with Gasteiger partial charge in [0.05, 0.1) is 6.54 Å². The molecule has 2 rings (SSSR count). The van der Waals surface area contributed by atoms with Gasteiger partial charge in [0.1, 0.15) is 11.9 Å². The minimum atomic E-state index is 0.0670. The van der Waals surface area contributed by atoms with Crippen LogP contribution >= 0.6 is 0 Å². The quantitative estimate of drug-likeness (QED) is 0.772. The third-order valence-electron chi connectivity index (χ3n) is 4.17. The average Bonchev–Trinajstić information content (AvgIpc) is 2.92. The zero-order chi connectivity index (χ0) is 15.1. The highest BCUT2D eigenvalue weighted by Crippen LogP contribution is 2.27. The summed E-state index contributed by atoms with van der Waals surface area (Å²) in [4.78, 5) is 11.9. The lowest BCUT2D eigenvalue weighted by Gasteiger charge is -2.15. The molecule has 0 aliphatic carbocycles. The number of hydrogen-bond acceptors (Lipinski definition) is 3. The molecule has 1 aromatic carbocycles.